The Bertz CT molecular complexity index is 1070. The van der Waals surface area contributed by atoms with Crippen LogP contribution in [0.15, 0.2) is 77.7 Å². The number of amides is 1. The fraction of sp³-hybridized carbons (Fsp3) is 0.269. The molecular weight excluding hydrogens is 436 g/mol. The molecule has 1 unspecified atom stereocenters. The molecule has 7 heteroatoms. The molecule has 0 radical (unpaired) electrons. The number of ether oxygens (including phenoxy) is 2. The SMILES string of the molecule is CC(=O)Nc1ccc(SC[C@@H]2C[C@H](c3ccc(CO)cc3)OC(c3cccc(N)c3)O2)cc1. The van der Waals surface area contributed by atoms with Crippen molar-refractivity contribution in [3.63, 3.8) is 0 Å². The lowest BCUT2D eigenvalue weighted by Gasteiger charge is -2.36. The number of aliphatic hydroxyl groups excluding tert-OH is 1. The zero-order valence-corrected chi connectivity index (χ0v) is 19.3. The number of nitrogens with two attached hydrogens (primary N) is 1. The lowest BCUT2D eigenvalue weighted by Crippen LogP contribution is -2.31. The molecule has 1 heterocycles. The third-order valence-electron chi connectivity index (χ3n) is 5.41. The van der Waals surface area contributed by atoms with Crippen molar-refractivity contribution in [2.45, 2.75) is 43.3 Å². The number of hydrogen-bond acceptors (Lipinski definition) is 6. The highest BCUT2D eigenvalue weighted by molar-refractivity contribution is 7.99. The van der Waals surface area contributed by atoms with E-state index in [0.29, 0.717) is 12.1 Å². The molecule has 0 aliphatic carbocycles. The fourth-order valence-corrected chi connectivity index (χ4v) is 4.68. The summed E-state index contributed by atoms with van der Waals surface area (Å²) in [6.45, 7) is 1.51. The predicted molar refractivity (Wildman–Crippen MR) is 131 cm³/mol. The van der Waals surface area contributed by atoms with Crippen molar-refractivity contribution in [2.75, 3.05) is 16.8 Å². The first-order chi connectivity index (χ1) is 16.0. The van der Waals surface area contributed by atoms with Crippen molar-refractivity contribution in [1.82, 2.24) is 0 Å². The zero-order valence-electron chi connectivity index (χ0n) is 18.4. The molecule has 4 rings (SSSR count). The fourth-order valence-electron chi connectivity index (χ4n) is 3.76. The predicted octanol–water partition coefficient (Wildman–Crippen LogP) is 5.06. The van der Waals surface area contributed by atoms with Crippen LogP contribution in [0.2, 0.25) is 0 Å². The summed E-state index contributed by atoms with van der Waals surface area (Å²) in [7, 11) is 0. The number of carbonyl (C=O) groups is 1. The van der Waals surface area contributed by atoms with E-state index in [4.69, 9.17) is 15.2 Å². The van der Waals surface area contributed by atoms with Gasteiger partial charge in [0.1, 0.15) is 0 Å². The normalized spacial score (nSPS) is 20.4. The second kappa shape index (κ2) is 10.9. The van der Waals surface area contributed by atoms with Gasteiger partial charge in [-0.05, 0) is 47.5 Å². The van der Waals surface area contributed by atoms with Gasteiger partial charge in [-0.25, -0.2) is 0 Å². The summed E-state index contributed by atoms with van der Waals surface area (Å²) in [6, 6.07) is 23.2. The number of rotatable bonds is 7. The van der Waals surface area contributed by atoms with Gasteiger partial charge in [0.2, 0.25) is 5.91 Å². The van der Waals surface area contributed by atoms with Gasteiger partial charge in [0.05, 0.1) is 18.8 Å². The van der Waals surface area contributed by atoms with E-state index >= 15 is 0 Å². The Hall–Kier alpha value is -2.84. The molecule has 4 N–H and O–H groups in total. The number of anilines is 2. The minimum absolute atomic E-state index is 0.0147. The number of thioether (sulfide) groups is 1. The number of nitrogen functional groups attached to an aromatic ring is 1. The van der Waals surface area contributed by atoms with Crippen LogP contribution >= 0.6 is 11.8 Å². The Labute approximate surface area is 198 Å². The van der Waals surface area contributed by atoms with Gasteiger partial charge in [0.25, 0.3) is 0 Å². The minimum Gasteiger partial charge on any atom is -0.399 e. The molecule has 0 spiro atoms. The van der Waals surface area contributed by atoms with Gasteiger partial charge in [-0.3, -0.25) is 4.79 Å². The van der Waals surface area contributed by atoms with E-state index in [1.807, 2.05) is 72.8 Å². The molecule has 0 bridgehead atoms. The molecule has 3 atom stereocenters. The standard InChI is InChI=1S/C26H28N2O4S/c1-17(30)28-22-9-11-24(12-10-22)33-16-23-14-25(19-7-5-18(15-29)6-8-19)32-26(31-23)20-3-2-4-21(27)13-20/h2-13,23,25-26,29H,14-16,27H2,1H3,(H,28,30)/t23-,25+,26?/m0/s1. The zero-order chi connectivity index (χ0) is 23.2. The molecular formula is C26H28N2O4S. The van der Waals surface area contributed by atoms with Crippen molar-refractivity contribution < 1.29 is 19.4 Å². The number of aliphatic hydroxyl groups is 1. The third kappa shape index (κ3) is 6.36. The number of hydrogen-bond donors (Lipinski definition) is 3. The summed E-state index contributed by atoms with van der Waals surface area (Å²) in [5, 5.41) is 12.1. The highest BCUT2D eigenvalue weighted by atomic mass is 32.2. The first kappa shape index (κ1) is 23.3. The van der Waals surface area contributed by atoms with Gasteiger partial charge in [0, 0.05) is 40.9 Å². The van der Waals surface area contributed by atoms with Crippen molar-refractivity contribution >= 4 is 29.0 Å². The first-order valence-corrected chi connectivity index (χ1v) is 11.8. The van der Waals surface area contributed by atoms with Crippen molar-refractivity contribution in [3.8, 4) is 0 Å². The van der Waals surface area contributed by atoms with Gasteiger partial charge in [-0.1, -0.05) is 36.4 Å². The summed E-state index contributed by atoms with van der Waals surface area (Å²) in [6.07, 6.45) is 0.0322. The Morgan fingerprint density at radius 1 is 1.06 bits per heavy atom. The van der Waals surface area contributed by atoms with Crippen LogP contribution in [0.3, 0.4) is 0 Å². The van der Waals surface area contributed by atoms with E-state index in [0.717, 1.165) is 33.0 Å². The lowest BCUT2D eigenvalue weighted by molar-refractivity contribution is -0.245. The molecule has 1 aliphatic rings. The van der Waals surface area contributed by atoms with Crippen molar-refractivity contribution in [3.05, 3.63) is 89.5 Å². The van der Waals surface area contributed by atoms with Gasteiger partial charge >= 0.3 is 0 Å². The average Bonchev–Trinajstić information content (AvgIpc) is 2.83. The second-order valence-electron chi connectivity index (χ2n) is 8.04. The molecule has 33 heavy (non-hydrogen) atoms. The van der Waals surface area contributed by atoms with E-state index in [9.17, 15) is 9.90 Å². The molecule has 0 saturated carbocycles. The molecule has 3 aromatic carbocycles. The maximum atomic E-state index is 11.2. The minimum atomic E-state index is -0.516. The molecule has 6 nitrogen and oxygen atoms in total. The average molecular weight is 465 g/mol. The van der Waals surface area contributed by atoms with E-state index in [-0.39, 0.29) is 24.7 Å². The van der Waals surface area contributed by atoms with E-state index < -0.39 is 6.29 Å². The second-order valence-corrected chi connectivity index (χ2v) is 9.13. The summed E-state index contributed by atoms with van der Waals surface area (Å²) in [5.41, 5.74) is 10.2. The maximum Gasteiger partial charge on any atom is 0.221 e. The van der Waals surface area contributed by atoms with Crippen LogP contribution in [0.5, 0.6) is 0 Å². The topological polar surface area (TPSA) is 93.8 Å². The number of nitrogens with one attached hydrogen (secondary N) is 1. The molecule has 1 aliphatic heterocycles. The van der Waals surface area contributed by atoms with E-state index in [2.05, 4.69) is 5.32 Å². The monoisotopic (exact) mass is 464 g/mol. The molecule has 172 valence electrons. The summed E-state index contributed by atoms with van der Waals surface area (Å²) >= 11 is 1.71. The number of carbonyl (C=O) groups excluding carboxylic acids is 1. The Morgan fingerprint density at radius 3 is 2.48 bits per heavy atom. The summed E-state index contributed by atoms with van der Waals surface area (Å²) in [5.74, 6) is 0.670. The molecule has 3 aromatic rings. The van der Waals surface area contributed by atoms with Crippen LogP contribution in [0.1, 0.15) is 42.4 Å². The number of benzene rings is 3. The third-order valence-corrected chi connectivity index (χ3v) is 6.55. The summed E-state index contributed by atoms with van der Waals surface area (Å²) < 4.78 is 12.7. The van der Waals surface area contributed by atoms with Gasteiger partial charge < -0.3 is 25.6 Å². The van der Waals surface area contributed by atoms with Gasteiger partial charge in [-0.2, -0.15) is 0 Å². The van der Waals surface area contributed by atoms with E-state index in [1.165, 1.54) is 6.92 Å². The van der Waals surface area contributed by atoms with Crippen LogP contribution < -0.4 is 11.1 Å². The highest BCUT2D eigenvalue weighted by Gasteiger charge is 2.32. The lowest BCUT2D eigenvalue weighted by atomic mass is 10.0. The Kier molecular flexibility index (Phi) is 7.67. The molecule has 1 amide bonds. The van der Waals surface area contributed by atoms with Crippen LogP contribution in [-0.4, -0.2) is 22.9 Å². The Morgan fingerprint density at radius 2 is 1.82 bits per heavy atom. The van der Waals surface area contributed by atoms with Crippen LogP contribution in [-0.2, 0) is 20.9 Å². The van der Waals surface area contributed by atoms with E-state index in [1.54, 1.807) is 11.8 Å². The molecule has 0 aromatic heterocycles. The Balaban J connectivity index is 1.48. The largest absolute Gasteiger partial charge is 0.399 e. The van der Waals surface area contributed by atoms with Gasteiger partial charge in [0.15, 0.2) is 6.29 Å². The van der Waals surface area contributed by atoms with Crippen LogP contribution in [0.4, 0.5) is 11.4 Å². The quantitative estimate of drug-likeness (QED) is 0.334. The first-order valence-electron chi connectivity index (χ1n) is 10.9. The highest BCUT2D eigenvalue weighted by Crippen LogP contribution is 2.39. The van der Waals surface area contributed by atoms with Crippen molar-refractivity contribution in [1.29, 1.82) is 0 Å². The molecule has 1 fully saturated rings. The maximum absolute atomic E-state index is 11.2. The van der Waals surface area contributed by atoms with Crippen molar-refractivity contribution in [2.24, 2.45) is 0 Å². The molecule has 1 saturated heterocycles. The smallest absolute Gasteiger partial charge is 0.221 e. The summed E-state index contributed by atoms with van der Waals surface area (Å²) in [4.78, 5) is 12.3. The van der Waals surface area contributed by atoms with Crippen LogP contribution in [0, 0.1) is 0 Å². The van der Waals surface area contributed by atoms with Crippen LogP contribution in [0.25, 0.3) is 0 Å². The van der Waals surface area contributed by atoms with Gasteiger partial charge in [-0.15, -0.1) is 11.8 Å².